The van der Waals surface area contributed by atoms with Crippen molar-refractivity contribution in [3.05, 3.63) is 71.3 Å². The van der Waals surface area contributed by atoms with Gasteiger partial charge in [0.25, 0.3) is 5.91 Å². The van der Waals surface area contributed by atoms with E-state index >= 15 is 0 Å². The van der Waals surface area contributed by atoms with Crippen molar-refractivity contribution < 1.29 is 14.7 Å². The SMILES string of the molecule is NC1CC(=Cc2ccccc2)C2N(CC(=O)O)c3ccccc3C(=O)N12. The first-order valence-corrected chi connectivity index (χ1v) is 8.47. The van der Waals surface area contributed by atoms with Crippen molar-refractivity contribution in [2.24, 2.45) is 5.73 Å². The monoisotopic (exact) mass is 349 g/mol. The lowest BCUT2D eigenvalue weighted by Gasteiger charge is -2.42. The van der Waals surface area contributed by atoms with Gasteiger partial charge in [-0.15, -0.1) is 0 Å². The summed E-state index contributed by atoms with van der Waals surface area (Å²) in [6.07, 6.45) is 1.55. The Balaban J connectivity index is 1.84. The lowest BCUT2D eigenvalue weighted by molar-refractivity contribution is -0.135. The van der Waals surface area contributed by atoms with Crippen LogP contribution in [0, 0.1) is 0 Å². The molecule has 0 saturated carbocycles. The highest BCUT2D eigenvalue weighted by atomic mass is 16.4. The fourth-order valence-electron chi connectivity index (χ4n) is 3.81. The maximum absolute atomic E-state index is 13.0. The molecule has 2 unspecified atom stereocenters. The zero-order valence-electron chi connectivity index (χ0n) is 14.1. The van der Waals surface area contributed by atoms with E-state index in [9.17, 15) is 14.7 Å². The third kappa shape index (κ3) is 2.64. The number of rotatable bonds is 3. The largest absolute Gasteiger partial charge is 0.480 e. The molecule has 2 aliphatic heterocycles. The van der Waals surface area contributed by atoms with E-state index in [4.69, 9.17) is 5.73 Å². The number of carbonyl (C=O) groups excluding carboxylic acids is 1. The number of hydrogen-bond acceptors (Lipinski definition) is 4. The Hall–Kier alpha value is -3.12. The van der Waals surface area contributed by atoms with Gasteiger partial charge in [-0.3, -0.25) is 14.5 Å². The van der Waals surface area contributed by atoms with E-state index in [0.717, 1.165) is 11.1 Å². The van der Waals surface area contributed by atoms with Crippen LogP contribution in [0.4, 0.5) is 5.69 Å². The van der Waals surface area contributed by atoms with Crippen molar-refractivity contribution >= 4 is 23.6 Å². The molecule has 1 fully saturated rings. The molecular formula is C20H19N3O3. The fourth-order valence-corrected chi connectivity index (χ4v) is 3.81. The van der Waals surface area contributed by atoms with Crippen LogP contribution >= 0.6 is 0 Å². The number of nitrogens with two attached hydrogens (primary N) is 1. The lowest BCUT2D eigenvalue weighted by atomic mass is 10.0. The average molecular weight is 349 g/mol. The van der Waals surface area contributed by atoms with E-state index in [0.29, 0.717) is 17.7 Å². The van der Waals surface area contributed by atoms with Gasteiger partial charge in [-0.05, 0) is 23.3 Å². The standard InChI is InChI=1S/C20H19N3O3/c21-17-11-14(10-13-6-2-1-3-7-13)19-22(12-18(24)25)16-9-5-4-8-15(16)20(26)23(17)19/h1-10,17,19H,11-12,21H2,(H,24,25). The lowest BCUT2D eigenvalue weighted by Crippen LogP contribution is -2.57. The molecule has 0 radical (unpaired) electrons. The minimum atomic E-state index is -0.950. The van der Waals surface area contributed by atoms with E-state index in [-0.39, 0.29) is 12.5 Å². The topological polar surface area (TPSA) is 86.9 Å². The molecule has 2 heterocycles. The summed E-state index contributed by atoms with van der Waals surface area (Å²) in [5.41, 5.74) is 9.32. The molecule has 3 N–H and O–H groups in total. The third-order valence-corrected chi connectivity index (χ3v) is 4.83. The number of hydrogen-bond donors (Lipinski definition) is 2. The highest BCUT2D eigenvalue weighted by Gasteiger charge is 2.47. The number of para-hydroxylation sites is 1. The van der Waals surface area contributed by atoms with E-state index in [1.807, 2.05) is 42.5 Å². The van der Waals surface area contributed by atoms with Gasteiger partial charge in [0.05, 0.1) is 17.4 Å². The number of carboxylic acid groups (broad SMARTS) is 1. The first-order chi connectivity index (χ1) is 12.6. The van der Waals surface area contributed by atoms with Crippen molar-refractivity contribution in [3.63, 3.8) is 0 Å². The molecule has 2 aromatic carbocycles. The number of aliphatic carboxylic acids is 1. The number of carboxylic acids is 1. The Morgan fingerprint density at radius 3 is 2.58 bits per heavy atom. The summed E-state index contributed by atoms with van der Waals surface area (Å²) in [4.78, 5) is 27.8. The predicted molar refractivity (Wildman–Crippen MR) is 98.4 cm³/mol. The molecule has 6 heteroatoms. The van der Waals surface area contributed by atoms with Crippen molar-refractivity contribution in [2.75, 3.05) is 11.4 Å². The molecular weight excluding hydrogens is 330 g/mol. The normalized spacial score (nSPS) is 23.1. The molecule has 4 rings (SSSR count). The van der Waals surface area contributed by atoms with Crippen LogP contribution in [-0.4, -0.2) is 40.8 Å². The van der Waals surface area contributed by atoms with Crippen LogP contribution in [0.15, 0.2) is 60.2 Å². The molecule has 1 saturated heterocycles. The second-order valence-corrected chi connectivity index (χ2v) is 6.53. The van der Waals surface area contributed by atoms with Gasteiger partial charge in [0.15, 0.2) is 0 Å². The van der Waals surface area contributed by atoms with E-state index < -0.39 is 18.3 Å². The molecule has 2 aromatic rings. The fraction of sp³-hybridized carbons (Fsp3) is 0.200. The van der Waals surface area contributed by atoms with Crippen LogP contribution in [0.3, 0.4) is 0 Å². The van der Waals surface area contributed by atoms with Crippen molar-refractivity contribution in [1.29, 1.82) is 0 Å². The van der Waals surface area contributed by atoms with Crippen LogP contribution in [-0.2, 0) is 4.79 Å². The maximum Gasteiger partial charge on any atom is 0.323 e. The summed E-state index contributed by atoms with van der Waals surface area (Å²) < 4.78 is 0. The Morgan fingerprint density at radius 2 is 1.85 bits per heavy atom. The highest BCUT2D eigenvalue weighted by Crippen LogP contribution is 2.40. The third-order valence-electron chi connectivity index (χ3n) is 4.83. The van der Waals surface area contributed by atoms with E-state index in [1.165, 1.54) is 0 Å². The number of carbonyl (C=O) groups is 2. The Bertz CT molecular complexity index is 894. The summed E-state index contributed by atoms with van der Waals surface area (Å²) in [6, 6.07) is 16.9. The van der Waals surface area contributed by atoms with Gasteiger partial charge < -0.3 is 15.7 Å². The smallest absolute Gasteiger partial charge is 0.323 e. The van der Waals surface area contributed by atoms with Crippen LogP contribution in [0.1, 0.15) is 22.3 Å². The highest BCUT2D eigenvalue weighted by molar-refractivity contribution is 6.03. The average Bonchev–Trinajstić information content (AvgIpc) is 2.95. The van der Waals surface area contributed by atoms with Crippen LogP contribution in [0.5, 0.6) is 0 Å². The molecule has 1 amide bonds. The van der Waals surface area contributed by atoms with Crippen molar-refractivity contribution in [1.82, 2.24) is 4.90 Å². The van der Waals surface area contributed by atoms with Crippen molar-refractivity contribution in [2.45, 2.75) is 18.8 Å². The molecule has 132 valence electrons. The van der Waals surface area contributed by atoms with Gasteiger partial charge in [0.1, 0.15) is 12.7 Å². The van der Waals surface area contributed by atoms with Gasteiger partial charge in [-0.2, -0.15) is 0 Å². The quantitative estimate of drug-likeness (QED) is 0.886. The summed E-state index contributed by atoms with van der Waals surface area (Å²) in [6.45, 7) is -0.204. The molecule has 26 heavy (non-hydrogen) atoms. The first-order valence-electron chi connectivity index (χ1n) is 8.47. The van der Waals surface area contributed by atoms with Crippen LogP contribution in [0.2, 0.25) is 0 Å². The number of fused-ring (bicyclic) bond motifs is 2. The summed E-state index contributed by atoms with van der Waals surface area (Å²) in [5.74, 6) is -1.11. The minimum absolute atomic E-state index is 0.156. The summed E-state index contributed by atoms with van der Waals surface area (Å²) in [5, 5.41) is 9.42. The molecule has 0 spiro atoms. The Kier molecular flexibility index (Phi) is 3.97. The van der Waals surface area contributed by atoms with Gasteiger partial charge in [0, 0.05) is 6.42 Å². The molecule has 0 bridgehead atoms. The number of nitrogens with zero attached hydrogens (tertiary/aromatic N) is 2. The molecule has 0 aromatic heterocycles. The second-order valence-electron chi connectivity index (χ2n) is 6.53. The maximum atomic E-state index is 13.0. The zero-order chi connectivity index (χ0) is 18.3. The zero-order valence-corrected chi connectivity index (χ0v) is 14.1. The molecule has 2 atom stereocenters. The number of benzene rings is 2. The molecule has 6 nitrogen and oxygen atoms in total. The van der Waals surface area contributed by atoms with E-state index in [2.05, 4.69) is 0 Å². The number of anilines is 1. The van der Waals surface area contributed by atoms with E-state index in [1.54, 1.807) is 28.0 Å². The van der Waals surface area contributed by atoms with Gasteiger partial charge in [-0.1, -0.05) is 48.5 Å². The van der Waals surface area contributed by atoms with Gasteiger partial charge in [0.2, 0.25) is 0 Å². The van der Waals surface area contributed by atoms with Crippen LogP contribution in [0.25, 0.3) is 6.08 Å². The Morgan fingerprint density at radius 1 is 1.15 bits per heavy atom. The summed E-state index contributed by atoms with van der Waals surface area (Å²) >= 11 is 0. The summed E-state index contributed by atoms with van der Waals surface area (Å²) in [7, 11) is 0. The predicted octanol–water partition coefficient (Wildman–Crippen LogP) is 2.13. The second kappa shape index (κ2) is 6.31. The number of amides is 1. The van der Waals surface area contributed by atoms with Gasteiger partial charge >= 0.3 is 5.97 Å². The first kappa shape index (κ1) is 16.4. The van der Waals surface area contributed by atoms with Gasteiger partial charge in [-0.25, -0.2) is 0 Å². The minimum Gasteiger partial charge on any atom is -0.480 e. The van der Waals surface area contributed by atoms with Crippen molar-refractivity contribution in [3.8, 4) is 0 Å². The Labute approximate surface area is 151 Å². The molecule has 0 aliphatic carbocycles. The van der Waals surface area contributed by atoms with Crippen LogP contribution < -0.4 is 10.6 Å². The molecule has 2 aliphatic rings.